The van der Waals surface area contributed by atoms with Crippen molar-refractivity contribution >= 4 is 17.3 Å². The van der Waals surface area contributed by atoms with Gasteiger partial charge in [-0.2, -0.15) is 9.36 Å². The first-order valence-corrected chi connectivity index (χ1v) is 11.0. The first-order chi connectivity index (χ1) is 16.4. The van der Waals surface area contributed by atoms with E-state index in [1.54, 1.807) is 7.05 Å². The standard InChI is InChI=1S/C25H24ClN5O3/c1-17-14-20(18(2)27-34-15-19-8-11-22(26)12-9-19)10-13-24(17)33-16-21-6-4-5-7-23(21)31-25(32)30(3)28-29-31/h4-14H,15-16H2,1-3H3. The summed E-state index contributed by atoms with van der Waals surface area (Å²) in [5, 5.41) is 12.6. The summed E-state index contributed by atoms with van der Waals surface area (Å²) in [6.07, 6.45) is 0. The lowest BCUT2D eigenvalue weighted by molar-refractivity contribution is 0.130. The van der Waals surface area contributed by atoms with Gasteiger partial charge in [-0.05, 0) is 77.4 Å². The van der Waals surface area contributed by atoms with Crippen LogP contribution >= 0.6 is 11.6 Å². The molecular weight excluding hydrogens is 454 g/mol. The molecule has 0 spiro atoms. The van der Waals surface area contributed by atoms with Gasteiger partial charge in [0.05, 0.1) is 11.4 Å². The molecule has 0 saturated carbocycles. The normalized spacial score (nSPS) is 11.5. The third-order valence-corrected chi connectivity index (χ3v) is 5.52. The molecule has 0 aliphatic heterocycles. The van der Waals surface area contributed by atoms with Gasteiger partial charge in [-0.1, -0.05) is 47.1 Å². The van der Waals surface area contributed by atoms with Crippen LogP contribution in [-0.2, 0) is 25.1 Å². The van der Waals surface area contributed by atoms with Crippen LogP contribution < -0.4 is 10.4 Å². The Bertz CT molecular complexity index is 1380. The first kappa shape index (κ1) is 23.3. The average Bonchev–Trinajstić information content (AvgIpc) is 3.17. The van der Waals surface area contributed by atoms with Crippen LogP contribution in [0.2, 0.25) is 5.02 Å². The highest BCUT2D eigenvalue weighted by Gasteiger charge is 2.12. The molecule has 9 heteroatoms. The van der Waals surface area contributed by atoms with Gasteiger partial charge in [-0.15, -0.1) is 0 Å². The molecule has 0 bridgehead atoms. The van der Waals surface area contributed by atoms with E-state index in [4.69, 9.17) is 21.2 Å². The Balaban J connectivity index is 1.43. The van der Waals surface area contributed by atoms with Gasteiger partial charge < -0.3 is 9.57 Å². The molecule has 34 heavy (non-hydrogen) atoms. The van der Waals surface area contributed by atoms with Crippen LogP contribution in [0.5, 0.6) is 5.75 Å². The van der Waals surface area contributed by atoms with Crippen molar-refractivity contribution in [3.8, 4) is 11.4 Å². The summed E-state index contributed by atoms with van der Waals surface area (Å²) in [5.74, 6) is 0.736. The van der Waals surface area contributed by atoms with E-state index in [9.17, 15) is 4.79 Å². The van der Waals surface area contributed by atoms with Gasteiger partial charge in [0.15, 0.2) is 0 Å². The van der Waals surface area contributed by atoms with Gasteiger partial charge in [0, 0.05) is 17.6 Å². The molecule has 0 atom stereocenters. The average molecular weight is 478 g/mol. The predicted octanol–water partition coefficient (Wildman–Crippen LogP) is 4.45. The third kappa shape index (κ3) is 5.35. The molecular formula is C25H24ClN5O3. The summed E-state index contributed by atoms with van der Waals surface area (Å²) in [6.45, 7) is 4.51. The fraction of sp³-hybridized carbons (Fsp3) is 0.200. The largest absolute Gasteiger partial charge is 0.489 e. The molecule has 0 fully saturated rings. The summed E-state index contributed by atoms with van der Waals surface area (Å²) >= 11 is 5.91. The van der Waals surface area contributed by atoms with Gasteiger partial charge >= 0.3 is 5.69 Å². The van der Waals surface area contributed by atoms with Crippen LogP contribution in [-0.4, -0.2) is 25.5 Å². The van der Waals surface area contributed by atoms with Crippen molar-refractivity contribution in [1.82, 2.24) is 19.8 Å². The molecule has 0 aliphatic rings. The maximum atomic E-state index is 12.3. The van der Waals surface area contributed by atoms with E-state index in [0.29, 0.717) is 17.3 Å². The van der Waals surface area contributed by atoms with E-state index < -0.39 is 0 Å². The highest BCUT2D eigenvalue weighted by Crippen LogP contribution is 2.22. The second kappa shape index (κ2) is 10.4. The molecule has 174 valence electrons. The Morgan fingerprint density at radius 2 is 1.79 bits per heavy atom. The van der Waals surface area contributed by atoms with Crippen LogP contribution in [0, 0.1) is 6.92 Å². The lowest BCUT2D eigenvalue weighted by Gasteiger charge is -2.13. The molecule has 4 rings (SSSR count). The number of oxime groups is 1. The Morgan fingerprint density at radius 3 is 2.50 bits per heavy atom. The fourth-order valence-corrected chi connectivity index (χ4v) is 3.46. The number of ether oxygens (including phenoxy) is 1. The summed E-state index contributed by atoms with van der Waals surface area (Å²) in [6, 6.07) is 20.7. The predicted molar refractivity (Wildman–Crippen MR) is 131 cm³/mol. The number of para-hydroxylation sites is 1. The third-order valence-electron chi connectivity index (χ3n) is 5.26. The molecule has 1 aromatic heterocycles. The summed E-state index contributed by atoms with van der Waals surface area (Å²) in [5.41, 5.74) is 4.78. The lowest BCUT2D eigenvalue weighted by Crippen LogP contribution is -2.23. The lowest BCUT2D eigenvalue weighted by atomic mass is 10.1. The van der Waals surface area contributed by atoms with E-state index in [1.807, 2.05) is 80.6 Å². The van der Waals surface area contributed by atoms with Gasteiger partial charge in [0.1, 0.15) is 19.0 Å². The molecule has 3 aromatic carbocycles. The SMILES string of the molecule is CC(=NOCc1ccc(Cl)cc1)c1ccc(OCc2ccccc2-n2nnn(C)c2=O)c(C)c1. The van der Waals surface area contributed by atoms with Crippen molar-refractivity contribution in [2.75, 3.05) is 0 Å². The van der Waals surface area contributed by atoms with E-state index in [-0.39, 0.29) is 12.3 Å². The van der Waals surface area contributed by atoms with Crippen LogP contribution in [0.4, 0.5) is 0 Å². The molecule has 4 aromatic rings. The van der Waals surface area contributed by atoms with E-state index in [2.05, 4.69) is 15.6 Å². The number of aromatic nitrogens is 4. The van der Waals surface area contributed by atoms with Crippen LogP contribution in [0.25, 0.3) is 5.69 Å². The Hall–Kier alpha value is -3.91. The zero-order valence-electron chi connectivity index (χ0n) is 19.1. The summed E-state index contributed by atoms with van der Waals surface area (Å²) in [7, 11) is 1.56. The molecule has 0 aliphatic carbocycles. The molecule has 0 radical (unpaired) electrons. The van der Waals surface area contributed by atoms with Crippen LogP contribution in [0.1, 0.15) is 29.2 Å². The molecule has 8 nitrogen and oxygen atoms in total. The Labute approximate surface area is 202 Å². The number of benzene rings is 3. The smallest absolute Gasteiger partial charge is 0.368 e. The van der Waals surface area contributed by atoms with Gasteiger partial charge in [0.2, 0.25) is 0 Å². The Morgan fingerprint density at radius 1 is 1.03 bits per heavy atom. The van der Waals surface area contributed by atoms with Crippen LogP contribution in [0.3, 0.4) is 0 Å². The number of rotatable bonds is 8. The van der Waals surface area contributed by atoms with E-state index in [0.717, 1.165) is 33.7 Å². The van der Waals surface area contributed by atoms with Gasteiger partial charge in [0.25, 0.3) is 0 Å². The van der Waals surface area contributed by atoms with E-state index >= 15 is 0 Å². The van der Waals surface area contributed by atoms with Crippen molar-refractivity contribution in [3.05, 3.63) is 104 Å². The second-order valence-electron chi connectivity index (χ2n) is 7.77. The first-order valence-electron chi connectivity index (χ1n) is 10.6. The minimum atomic E-state index is -0.318. The maximum absolute atomic E-state index is 12.3. The number of aryl methyl sites for hydroxylation is 2. The number of tetrazole rings is 1. The topological polar surface area (TPSA) is 83.5 Å². The van der Waals surface area contributed by atoms with Crippen LogP contribution in [0.15, 0.2) is 76.7 Å². The fourth-order valence-electron chi connectivity index (χ4n) is 3.33. The van der Waals surface area contributed by atoms with Crippen molar-refractivity contribution in [2.45, 2.75) is 27.1 Å². The molecule has 0 unspecified atom stereocenters. The number of hydrogen-bond acceptors (Lipinski definition) is 6. The number of nitrogens with zero attached hydrogens (tertiary/aromatic N) is 5. The number of hydrogen-bond donors (Lipinski definition) is 0. The molecule has 0 N–H and O–H groups in total. The van der Waals surface area contributed by atoms with Crippen molar-refractivity contribution in [1.29, 1.82) is 0 Å². The molecule has 1 heterocycles. The number of halogens is 1. The minimum Gasteiger partial charge on any atom is -0.489 e. The summed E-state index contributed by atoms with van der Waals surface area (Å²) in [4.78, 5) is 17.7. The molecule has 0 amide bonds. The zero-order valence-corrected chi connectivity index (χ0v) is 19.9. The van der Waals surface area contributed by atoms with Crippen molar-refractivity contribution in [2.24, 2.45) is 12.2 Å². The monoisotopic (exact) mass is 477 g/mol. The van der Waals surface area contributed by atoms with Crippen molar-refractivity contribution < 1.29 is 9.57 Å². The zero-order chi connectivity index (χ0) is 24.1. The van der Waals surface area contributed by atoms with E-state index in [1.165, 1.54) is 9.36 Å². The molecule has 0 saturated heterocycles. The summed E-state index contributed by atoms with van der Waals surface area (Å²) < 4.78 is 8.51. The second-order valence-corrected chi connectivity index (χ2v) is 8.21. The van der Waals surface area contributed by atoms with Gasteiger partial charge in [-0.3, -0.25) is 0 Å². The van der Waals surface area contributed by atoms with Crippen molar-refractivity contribution in [3.63, 3.8) is 0 Å². The van der Waals surface area contributed by atoms with Gasteiger partial charge in [-0.25, -0.2) is 4.79 Å². The highest BCUT2D eigenvalue weighted by molar-refractivity contribution is 6.30. The Kier molecular flexibility index (Phi) is 7.08. The quantitative estimate of drug-likeness (QED) is 0.276. The highest BCUT2D eigenvalue weighted by atomic mass is 35.5. The minimum absolute atomic E-state index is 0.274. The maximum Gasteiger partial charge on any atom is 0.368 e.